The van der Waals surface area contributed by atoms with Gasteiger partial charge in [0, 0.05) is 6.42 Å². The van der Waals surface area contributed by atoms with Crippen molar-refractivity contribution in [3.63, 3.8) is 0 Å². The third-order valence-corrected chi connectivity index (χ3v) is 3.71. The van der Waals surface area contributed by atoms with E-state index in [1.807, 2.05) is 19.1 Å². The molecule has 116 valence electrons. The Balaban J connectivity index is 2.61. The Morgan fingerprint density at radius 1 is 1.10 bits per heavy atom. The molecule has 0 aromatic heterocycles. The molecule has 4 nitrogen and oxygen atoms in total. The molecule has 21 heavy (non-hydrogen) atoms. The van der Waals surface area contributed by atoms with E-state index < -0.39 is 12.0 Å². The van der Waals surface area contributed by atoms with Crippen LogP contribution in [0.1, 0.15) is 63.5 Å². The number of benzene rings is 1. The summed E-state index contributed by atoms with van der Waals surface area (Å²) in [5.74, 6) is -0.652. The number of carboxylic acid groups (broad SMARTS) is 1. The van der Waals surface area contributed by atoms with Crippen molar-refractivity contribution in [1.29, 1.82) is 0 Å². The van der Waals surface area contributed by atoms with Crippen LogP contribution in [0.5, 0.6) is 0 Å². The van der Waals surface area contributed by atoms with E-state index in [2.05, 4.69) is 31.3 Å². The van der Waals surface area contributed by atoms with Crippen molar-refractivity contribution in [2.45, 2.75) is 58.4 Å². The molecule has 1 rings (SSSR count). The Morgan fingerprint density at radius 2 is 1.62 bits per heavy atom. The summed E-state index contributed by atoms with van der Waals surface area (Å²) in [7, 11) is 0. The van der Waals surface area contributed by atoms with Crippen LogP contribution in [0.4, 0.5) is 0 Å². The summed E-state index contributed by atoms with van der Waals surface area (Å²) in [6.45, 7) is 8.00. The zero-order valence-corrected chi connectivity index (χ0v) is 13.2. The van der Waals surface area contributed by atoms with Gasteiger partial charge >= 0.3 is 5.97 Å². The van der Waals surface area contributed by atoms with Crippen LogP contribution < -0.4 is 5.32 Å². The van der Waals surface area contributed by atoms with E-state index in [0.29, 0.717) is 18.8 Å². The minimum atomic E-state index is -0.986. The molecule has 1 aromatic rings. The highest BCUT2D eigenvalue weighted by atomic mass is 16.4. The monoisotopic (exact) mass is 291 g/mol. The highest BCUT2D eigenvalue weighted by Crippen LogP contribution is 2.22. The first-order valence-electron chi connectivity index (χ1n) is 7.47. The molecule has 1 amide bonds. The second kappa shape index (κ2) is 7.81. The van der Waals surface area contributed by atoms with Crippen molar-refractivity contribution < 1.29 is 14.7 Å². The van der Waals surface area contributed by atoms with Gasteiger partial charge in [-0.1, -0.05) is 52.0 Å². The van der Waals surface area contributed by atoms with Crippen molar-refractivity contribution >= 4 is 11.9 Å². The van der Waals surface area contributed by atoms with Crippen LogP contribution in [-0.2, 0) is 9.59 Å². The van der Waals surface area contributed by atoms with Crippen molar-refractivity contribution in [2.24, 2.45) is 0 Å². The molecule has 0 saturated carbocycles. The van der Waals surface area contributed by atoms with Crippen molar-refractivity contribution in [1.82, 2.24) is 5.32 Å². The minimum Gasteiger partial charge on any atom is -0.480 e. The number of carboxylic acids is 1. The fraction of sp³-hybridized carbons (Fsp3) is 0.529. The van der Waals surface area contributed by atoms with Gasteiger partial charge in [0.25, 0.3) is 0 Å². The molecule has 0 bridgehead atoms. The Hall–Kier alpha value is -1.84. The average Bonchev–Trinajstić information content (AvgIpc) is 2.44. The molecule has 0 aliphatic carbocycles. The third-order valence-electron chi connectivity index (χ3n) is 3.71. The second-order valence-electron chi connectivity index (χ2n) is 5.79. The molecule has 0 aliphatic rings. The molecule has 0 heterocycles. The Kier molecular flexibility index (Phi) is 6.40. The molecular weight excluding hydrogens is 266 g/mol. The van der Waals surface area contributed by atoms with Crippen LogP contribution in [-0.4, -0.2) is 23.0 Å². The summed E-state index contributed by atoms with van der Waals surface area (Å²) in [5, 5.41) is 11.5. The fourth-order valence-electron chi connectivity index (χ4n) is 2.20. The fourth-order valence-corrected chi connectivity index (χ4v) is 2.20. The van der Waals surface area contributed by atoms with Gasteiger partial charge in [-0.3, -0.25) is 4.79 Å². The summed E-state index contributed by atoms with van der Waals surface area (Å²) in [5.41, 5.74) is 2.37. The number of carbonyl (C=O) groups excluding carboxylic acids is 1. The van der Waals surface area contributed by atoms with Gasteiger partial charge in [0.1, 0.15) is 6.04 Å². The van der Waals surface area contributed by atoms with Gasteiger partial charge in [0.05, 0.1) is 0 Å². The van der Waals surface area contributed by atoms with Gasteiger partial charge < -0.3 is 10.4 Å². The number of hydrogen-bond donors (Lipinski definition) is 2. The maximum atomic E-state index is 11.9. The molecule has 0 radical (unpaired) electrons. The third kappa shape index (κ3) is 5.21. The van der Waals surface area contributed by atoms with Crippen LogP contribution in [0.2, 0.25) is 0 Å². The Bertz CT molecular complexity index is 479. The van der Waals surface area contributed by atoms with Gasteiger partial charge in [0.15, 0.2) is 0 Å². The molecule has 2 unspecified atom stereocenters. The first-order chi connectivity index (χ1) is 9.85. The number of carbonyl (C=O) groups is 2. The number of aliphatic carboxylic acids is 1. The Morgan fingerprint density at radius 3 is 2.05 bits per heavy atom. The van der Waals surface area contributed by atoms with Gasteiger partial charge in [-0.25, -0.2) is 4.79 Å². The van der Waals surface area contributed by atoms with Crippen molar-refractivity contribution in [3.05, 3.63) is 35.4 Å². The van der Waals surface area contributed by atoms with Crippen molar-refractivity contribution in [3.8, 4) is 0 Å². The first-order valence-corrected chi connectivity index (χ1v) is 7.47. The Labute approximate surface area is 126 Å². The highest BCUT2D eigenvalue weighted by molar-refractivity contribution is 5.83. The van der Waals surface area contributed by atoms with E-state index in [4.69, 9.17) is 5.11 Å². The summed E-state index contributed by atoms with van der Waals surface area (Å²) >= 11 is 0. The van der Waals surface area contributed by atoms with E-state index in [9.17, 15) is 9.59 Å². The second-order valence-corrected chi connectivity index (χ2v) is 5.79. The smallest absolute Gasteiger partial charge is 0.326 e. The summed E-state index contributed by atoms with van der Waals surface area (Å²) in [4.78, 5) is 22.8. The maximum Gasteiger partial charge on any atom is 0.326 e. The number of rotatable bonds is 7. The summed E-state index contributed by atoms with van der Waals surface area (Å²) in [6, 6.07) is 7.46. The zero-order chi connectivity index (χ0) is 16.0. The van der Waals surface area contributed by atoms with Crippen molar-refractivity contribution in [2.75, 3.05) is 0 Å². The van der Waals surface area contributed by atoms with Gasteiger partial charge in [-0.2, -0.15) is 0 Å². The van der Waals surface area contributed by atoms with Gasteiger partial charge in [-0.15, -0.1) is 0 Å². The maximum absolute atomic E-state index is 11.9. The van der Waals surface area contributed by atoms with E-state index in [1.165, 1.54) is 5.56 Å². The van der Waals surface area contributed by atoms with Gasteiger partial charge in [0.2, 0.25) is 5.91 Å². The highest BCUT2D eigenvalue weighted by Gasteiger charge is 2.19. The van der Waals surface area contributed by atoms with E-state index in [1.54, 1.807) is 6.92 Å². The molecule has 0 aliphatic heterocycles. The van der Waals surface area contributed by atoms with E-state index in [0.717, 1.165) is 5.56 Å². The molecule has 1 aromatic carbocycles. The minimum absolute atomic E-state index is 0.0671. The zero-order valence-electron chi connectivity index (χ0n) is 13.2. The lowest BCUT2D eigenvalue weighted by Crippen LogP contribution is -2.40. The summed E-state index contributed by atoms with van der Waals surface area (Å²) < 4.78 is 0. The van der Waals surface area contributed by atoms with Crippen LogP contribution in [0.25, 0.3) is 0 Å². The molecule has 2 atom stereocenters. The number of hydrogen-bond acceptors (Lipinski definition) is 2. The standard InChI is InChI=1S/C17H25NO3/c1-5-15(17(20)21)18-16(19)10-12(4)14-8-6-13(7-9-14)11(2)3/h6-9,11-12,15H,5,10H2,1-4H3,(H,18,19)(H,20,21). The van der Waals surface area contributed by atoms with Crippen LogP contribution in [0.3, 0.4) is 0 Å². The lowest BCUT2D eigenvalue weighted by atomic mass is 9.94. The molecule has 2 N–H and O–H groups in total. The predicted molar refractivity (Wildman–Crippen MR) is 83.4 cm³/mol. The van der Waals surface area contributed by atoms with E-state index in [-0.39, 0.29) is 11.8 Å². The molecule has 0 saturated heterocycles. The quantitative estimate of drug-likeness (QED) is 0.810. The molecule has 4 heteroatoms. The largest absolute Gasteiger partial charge is 0.480 e. The summed E-state index contributed by atoms with van der Waals surface area (Å²) in [6.07, 6.45) is 0.684. The topological polar surface area (TPSA) is 66.4 Å². The SMILES string of the molecule is CCC(NC(=O)CC(C)c1ccc(C(C)C)cc1)C(=O)O. The van der Waals surface area contributed by atoms with Crippen LogP contribution in [0, 0.1) is 0 Å². The number of nitrogens with one attached hydrogen (secondary N) is 1. The number of amides is 1. The first kappa shape index (κ1) is 17.2. The lowest BCUT2D eigenvalue weighted by molar-refractivity contribution is -0.141. The van der Waals surface area contributed by atoms with Crippen LogP contribution in [0.15, 0.2) is 24.3 Å². The molecule has 0 fully saturated rings. The predicted octanol–water partition coefficient (Wildman–Crippen LogP) is 3.28. The molecular formula is C17H25NO3. The normalized spacial score (nSPS) is 13.8. The van der Waals surface area contributed by atoms with Crippen LogP contribution >= 0.6 is 0 Å². The average molecular weight is 291 g/mol. The van der Waals surface area contributed by atoms with E-state index >= 15 is 0 Å². The molecule has 0 spiro atoms. The lowest BCUT2D eigenvalue weighted by Gasteiger charge is -2.16. The van der Waals surface area contributed by atoms with Gasteiger partial charge in [-0.05, 0) is 29.4 Å².